The fourth-order valence-electron chi connectivity index (χ4n) is 3.65. The molecule has 2 heterocycles. The number of carbonyl (C=O) groups is 1. The van der Waals surface area contributed by atoms with Crippen LogP contribution in [0.5, 0.6) is 0 Å². The highest BCUT2D eigenvalue weighted by Crippen LogP contribution is 2.43. The summed E-state index contributed by atoms with van der Waals surface area (Å²) < 4.78 is 7.05. The second-order valence-corrected chi connectivity index (χ2v) is 5.82. The summed E-state index contributed by atoms with van der Waals surface area (Å²) in [5.74, 6) is -0.921. The molecule has 5 nitrogen and oxygen atoms in total. The summed E-state index contributed by atoms with van der Waals surface area (Å²) in [5, 5.41) is 21.1. The van der Waals surface area contributed by atoms with Gasteiger partial charge in [0.1, 0.15) is 5.60 Å². The molecule has 3 rings (SSSR count). The van der Waals surface area contributed by atoms with Crippen molar-refractivity contribution in [2.24, 2.45) is 0 Å². The van der Waals surface area contributed by atoms with E-state index in [1.807, 2.05) is 32.0 Å². The normalized spacial score (nSPS) is 21.0. The molecule has 1 aliphatic heterocycles. The minimum atomic E-state index is -0.960. The first-order valence-corrected chi connectivity index (χ1v) is 7.74. The van der Waals surface area contributed by atoms with Gasteiger partial charge in [0, 0.05) is 5.39 Å². The minimum absolute atomic E-state index is 0.144. The molecule has 1 aromatic heterocycles. The number of ether oxygens (including phenoxy) is 1. The number of hydrogen-bond donors (Lipinski definition) is 2. The van der Waals surface area contributed by atoms with E-state index in [9.17, 15) is 15.1 Å². The second kappa shape index (κ2) is 5.32. The Morgan fingerprint density at radius 2 is 2.18 bits per heavy atom. The number of fused-ring (bicyclic) bond motifs is 3. The van der Waals surface area contributed by atoms with Gasteiger partial charge in [0.2, 0.25) is 0 Å². The molecule has 0 amide bonds. The quantitative estimate of drug-likeness (QED) is 0.851. The monoisotopic (exact) mass is 303 g/mol. The molecule has 1 aromatic carbocycles. The number of rotatable bonds is 4. The van der Waals surface area contributed by atoms with Crippen LogP contribution in [0, 0.1) is 0 Å². The summed E-state index contributed by atoms with van der Waals surface area (Å²) in [6.45, 7) is 4.42. The number of carboxylic acid groups (broad SMARTS) is 1. The lowest BCUT2D eigenvalue weighted by molar-refractivity contribution is -0.149. The van der Waals surface area contributed by atoms with Gasteiger partial charge < -0.3 is 15.1 Å². The number of aliphatic carboxylic acids is 1. The van der Waals surface area contributed by atoms with E-state index in [4.69, 9.17) is 4.74 Å². The average molecular weight is 303 g/mol. The van der Waals surface area contributed by atoms with Crippen LogP contribution >= 0.6 is 0 Å². The molecule has 1 atom stereocenters. The summed E-state index contributed by atoms with van der Waals surface area (Å²) in [6, 6.07) is 5.97. The predicted octanol–water partition coefficient (Wildman–Crippen LogP) is 3.09. The maximum atomic E-state index is 11.3. The largest absolute Gasteiger partial charge is 0.481 e. The Morgan fingerprint density at radius 3 is 2.82 bits per heavy atom. The highest BCUT2D eigenvalue weighted by atomic mass is 16.5. The lowest BCUT2D eigenvalue weighted by atomic mass is 9.86. The Hall–Kier alpha value is -2.01. The molecule has 0 radical (unpaired) electrons. The molecular formula is C17H21NO4. The fraction of sp³-hybridized carbons (Fsp3) is 0.471. The summed E-state index contributed by atoms with van der Waals surface area (Å²) in [6.07, 6.45) is 1.85. The molecule has 0 aliphatic carbocycles. The zero-order valence-corrected chi connectivity index (χ0v) is 12.9. The minimum Gasteiger partial charge on any atom is -0.481 e. The van der Waals surface area contributed by atoms with Crippen molar-refractivity contribution in [3.63, 3.8) is 0 Å². The van der Waals surface area contributed by atoms with Gasteiger partial charge in [-0.05, 0) is 30.4 Å². The summed E-state index contributed by atoms with van der Waals surface area (Å²) in [5.41, 5.74) is 2.50. The first-order chi connectivity index (χ1) is 10.5. The van der Waals surface area contributed by atoms with Crippen molar-refractivity contribution in [2.45, 2.75) is 45.1 Å². The Labute approximate surface area is 129 Å². The van der Waals surface area contributed by atoms with Gasteiger partial charge in [-0.2, -0.15) is 4.73 Å². The zero-order valence-electron chi connectivity index (χ0n) is 12.9. The summed E-state index contributed by atoms with van der Waals surface area (Å²) in [7, 11) is 0. The Balaban J connectivity index is 2.33. The molecule has 2 N–H and O–H groups in total. The van der Waals surface area contributed by atoms with E-state index < -0.39 is 11.6 Å². The van der Waals surface area contributed by atoms with Crippen LogP contribution in [-0.4, -0.2) is 27.6 Å². The Bertz CT molecular complexity index is 734. The third-order valence-electron chi connectivity index (χ3n) is 4.70. The number of aryl methyl sites for hydroxylation is 1. The van der Waals surface area contributed by atoms with E-state index in [2.05, 4.69) is 0 Å². The van der Waals surface area contributed by atoms with Gasteiger partial charge in [0.05, 0.1) is 24.2 Å². The number of aromatic nitrogens is 1. The summed E-state index contributed by atoms with van der Waals surface area (Å²) in [4.78, 5) is 11.3. The van der Waals surface area contributed by atoms with Crippen molar-refractivity contribution in [2.75, 3.05) is 6.61 Å². The van der Waals surface area contributed by atoms with E-state index in [0.29, 0.717) is 25.1 Å². The standard InChI is InChI=1S/C17H21NO4/c1-3-11-6-5-7-12-13-8-9-22-17(4-2,10-14(19)20)16(13)18(21)15(11)12/h5-7,21H,3-4,8-10H2,1-2H3,(H,19,20). The first kappa shape index (κ1) is 14.9. The van der Waals surface area contributed by atoms with Crippen LogP contribution in [0.25, 0.3) is 10.9 Å². The van der Waals surface area contributed by atoms with Gasteiger partial charge in [-0.15, -0.1) is 0 Å². The molecule has 5 heteroatoms. The number of hydrogen-bond acceptors (Lipinski definition) is 3. The maximum absolute atomic E-state index is 11.3. The van der Waals surface area contributed by atoms with E-state index in [-0.39, 0.29) is 6.42 Å². The molecule has 0 spiro atoms. The molecule has 0 saturated carbocycles. The van der Waals surface area contributed by atoms with Crippen molar-refractivity contribution < 1.29 is 19.8 Å². The van der Waals surface area contributed by atoms with Crippen molar-refractivity contribution in [1.29, 1.82) is 0 Å². The Morgan fingerprint density at radius 1 is 1.41 bits per heavy atom. The van der Waals surface area contributed by atoms with Crippen LogP contribution in [-0.2, 0) is 28.0 Å². The highest BCUT2D eigenvalue weighted by molar-refractivity contribution is 5.89. The zero-order chi connectivity index (χ0) is 15.9. The molecule has 0 fully saturated rings. The molecule has 2 aromatic rings. The number of nitrogens with zero attached hydrogens (tertiary/aromatic N) is 1. The molecule has 1 unspecified atom stereocenters. The topological polar surface area (TPSA) is 71.7 Å². The second-order valence-electron chi connectivity index (χ2n) is 5.82. The molecule has 0 saturated heterocycles. The van der Waals surface area contributed by atoms with Gasteiger partial charge in [-0.25, -0.2) is 0 Å². The molecule has 22 heavy (non-hydrogen) atoms. The van der Waals surface area contributed by atoms with Gasteiger partial charge in [-0.3, -0.25) is 4.79 Å². The van der Waals surface area contributed by atoms with Crippen molar-refractivity contribution in [3.05, 3.63) is 35.0 Å². The van der Waals surface area contributed by atoms with E-state index in [1.165, 1.54) is 4.73 Å². The van der Waals surface area contributed by atoms with Gasteiger partial charge in [-0.1, -0.05) is 32.0 Å². The van der Waals surface area contributed by atoms with Crippen LogP contribution in [0.3, 0.4) is 0 Å². The van der Waals surface area contributed by atoms with Gasteiger partial charge in [0.25, 0.3) is 0 Å². The third-order valence-corrected chi connectivity index (χ3v) is 4.70. The third kappa shape index (κ3) is 2.00. The van der Waals surface area contributed by atoms with Crippen molar-refractivity contribution in [3.8, 4) is 0 Å². The maximum Gasteiger partial charge on any atom is 0.306 e. The lowest BCUT2D eigenvalue weighted by Crippen LogP contribution is -2.38. The predicted molar refractivity (Wildman–Crippen MR) is 82.4 cm³/mol. The molecule has 1 aliphatic rings. The first-order valence-electron chi connectivity index (χ1n) is 7.74. The molecule has 118 valence electrons. The van der Waals surface area contributed by atoms with Crippen molar-refractivity contribution in [1.82, 2.24) is 4.73 Å². The van der Waals surface area contributed by atoms with E-state index in [0.717, 1.165) is 28.5 Å². The van der Waals surface area contributed by atoms with E-state index >= 15 is 0 Å². The van der Waals surface area contributed by atoms with E-state index in [1.54, 1.807) is 0 Å². The molecule has 0 bridgehead atoms. The average Bonchev–Trinajstić information content (AvgIpc) is 2.81. The van der Waals surface area contributed by atoms with Crippen LogP contribution in [0.4, 0.5) is 0 Å². The Kier molecular flexibility index (Phi) is 3.60. The number of para-hydroxylation sites is 1. The van der Waals surface area contributed by atoms with Crippen LogP contribution < -0.4 is 0 Å². The van der Waals surface area contributed by atoms with Crippen LogP contribution in [0.2, 0.25) is 0 Å². The SMILES string of the molecule is CCc1cccc2c3c(n(O)c12)C(CC)(CC(=O)O)OCC3. The lowest BCUT2D eigenvalue weighted by Gasteiger charge is -2.36. The van der Waals surface area contributed by atoms with Gasteiger partial charge >= 0.3 is 5.97 Å². The smallest absolute Gasteiger partial charge is 0.306 e. The van der Waals surface area contributed by atoms with Crippen LogP contribution in [0.15, 0.2) is 18.2 Å². The van der Waals surface area contributed by atoms with Gasteiger partial charge in [0.15, 0.2) is 0 Å². The molecular weight excluding hydrogens is 282 g/mol. The van der Waals surface area contributed by atoms with Crippen molar-refractivity contribution >= 4 is 16.9 Å². The number of carboxylic acids is 1. The van der Waals surface area contributed by atoms with Crippen LogP contribution in [0.1, 0.15) is 43.5 Å². The highest BCUT2D eigenvalue weighted by Gasteiger charge is 2.43. The fourth-order valence-corrected chi connectivity index (χ4v) is 3.65. The summed E-state index contributed by atoms with van der Waals surface area (Å²) >= 11 is 0. The number of benzene rings is 1.